The minimum atomic E-state index is -0.249. The van der Waals surface area contributed by atoms with E-state index in [4.69, 9.17) is 4.74 Å². The normalized spacial score (nSPS) is 17.5. The predicted octanol–water partition coefficient (Wildman–Crippen LogP) is 1.63. The fraction of sp³-hybridized carbons (Fsp3) is 0.524. The molecule has 0 saturated carbocycles. The molecule has 1 unspecified atom stereocenters. The number of amides is 1. The lowest BCUT2D eigenvalue weighted by atomic mass is 10.0. The molecule has 0 bridgehead atoms. The Labute approximate surface area is 165 Å². The number of hydrogen-bond donors (Lipinski definition) is 1. The van der Waals surface area contributed by atoms with E-state index in [0.717, 1.165) is 25.9 Å². The molecule has 1 fully saturated rings. The van der Waals surface area contributed by atoms with E-state index in [0.29, 0.717) is 35.8 Å². The van der Waals surface area contributed by atoms with Crippen LogP contribution in [-0.4, -0.2) is 86.1 Å². The van der Waals surface area contributed by atoms with Crippen LogP contribution in [0.2, 0.25) is 0 Å². The number of pyridine rings is 1. The van der Waals surface area contributed by atoms with Crippen LogP contribution in [0, 0.1) is 0 Å². The zero-order chi connectivity index (χ0) is 20.3. The van der Waals surface area contributed by atoms with Crippen molar-refractivity contribution in [3.05, 3.63) is 40.2 Å². The number of aromatic nitrogens is 1. The zero-order valence-electron chi connectivity index (χ0n) is 17.2. The second kappa shape index (κ2) is 8.75. The minimum Gasteiger partial charge on any atom is -0.497 e. The number of benzene rings is 1. The Morgan fingerprint density at radius 3 is 2.79 bits per heavy atom. The third-order valence-electron chi connectivity index (χ3n) is 5.53. The number of fused-ring (bicyclic) bond motifs is 1. The Kier molecular flexibility index (Phi) is 6.36. The molecule has 1 atom stereocenters. The van der Waals surface area contributed by atoms with Crippen LogP contribution < -0.4 is 10.2 Å². The van der Waals surface area contributed by atoms with Crippen molar-refractivity contribution in [1.82, 2.24) is 19.7 Å². The van der Waals surface area contributed by atoms with Crippen LogP contribution in [0.3, 0.4) is 0 Å². The van der Waals surface area contributed by atoms with Gasteiger partial charge in [-0.25, -0.2) is 0 Å². The summed E-state index contributed by atoms with van der Waals surface area (Å²) in [5.41, 5.74) is 0.639. The van der Waals surface area contributed by atoms with Crippen LogP contribution in [0.25, 0.3) is 10.9 Å². The summed E-state index contributed by atoms with van der Waals surface area (Å²) in [5.74, 6) is 0.403. The Balaban J connectivity index is 1.79. The van der Waals surface area contributed by atoms with Gasteiger partial charge in [-0.05, 0) is 52.2 Å². The molecule has 0 aliphatic carbocycles. The lowest BCUT2D eigenvalue weighted by Gasteiger charge is -2.38. The van der Waals surface area contributed by atoms with E-state index in [-0.39, 0.29) is 16.9 Å². The molecule has 1 aromatic carbocycles. The zero-order valence-corrected chi connectivity index (χ0v) is 17.2. The van der Waals surface area contributed by atoms with Gasteiger partial charge in [-0.1, -0.05) is 0 Å². The molecular weight excluding hydrogens is 356 g/mol. The van der Waals surface area contributed by atoms with Gasteiger partial charge in [0.15, 0.2) is 0 Å². The van der Waals surface area contributed by atoms with Gasteiger partial charge in [-0.2, -0.15) is 0 Å². The smallest absolute Gasteiger partial charge is 0.259 e. The monoisotopic (exact) mass is 386 g/mol. The molecule has 1 saturated heterocycles. The molecule has 7 nitrogen and oxygen atoms in total. The Hall–Kier alpha value is -2.38. The van der Waals surface area contributed by atoms with Gasteiger partial charge >= 0.3 is 0 Å². The molecule has 2 aromatic rings. The molecule has 1 aromatic heterocycles. The van der Waals surface area contributed by atoms with Crippen LogP contribution in [0.1, 0.15) is 23.2 Å². The second-order valence-electron chi connectivity index (χ2n) is 7.77. The van der Waals surface area contributed by atoms with E-state index in [2.05, 4.69) is 35.9 Å². The molecule has 1 N–H and O–H groups in total. The van der Waals surface area contributed by atoms with Gasteiger partial charge in [-0.3, -0.25) is 9.59 Å². The second-order valence-corrected chi connectivity index (χ2v) is 7.77. The van der Waals surface area contributed by atoms with Gasteiger partial charge < -0.3 is 24.4 Å². The van der Waals surface area contributed by atoms with Crippen molar-refractivity contribution in [1.29, 1.82) is 0 Å². The highest BCUT2D eigenvalue weighted by Crippen LogP contribution is 2.19. The Morgan fingerprint density at radius 2 is 2.07 bits per heavy atom. The molecule has 1 amide bonds. The summed E-state index contributed by atoms with van der Waals surface area (Å²) in [6, 6.07) is 5.58. The number of H-pyrrole nitrogens is 1. The number of likely N-dealkylation sites (N-methyl/N-ethyl adjacent to an activating group) is 2. The summed E-state index contributed by atoms with van der Waals surface area (Å²) in [6.45, 7) is 3.27. The van der Waals surface area contributed by atoms with Gasteiger partial charge in [0.2, 0.25) is 5.43 Å². The molecule has 152 valence electrons. The van der Waals surface area contributed by atoms with E-state index >= 15 is 0 Å². The molecule has 3 rings (SSSR count). The SMILES string of the molecule is COc1ccc2[nH]cc(C(=O)N3CCCC(N(C)CCN(C)C)C3)c(=O)c2c1. The summed E-state index contributed by atoms with van der Waals surface area (Å²) in [6.07, 6.45) is 3.56. The average molecular weight is 386 g/mol. The van der Waals surface area contributed by atoms with Gasteiger partial charge in [0.1, 0.15) is 11.3 Å². The highest BCUT2D eigenvalue weighted by Gasteiger charge is 2.28. The summed E-state index contributed by atoms with van der Waals surface area (Å²) in [4.78, 5) is 35.4. The summed E-state index contributed by atoms with van der Waals surface area (Å²) in [5, 5.41) is 0.474. The number of ether oxygens (including phenoxy) is 1. The third-order valence-corrected chi connectivity index (χ3v) is 5.53. The van der Waals surface area contributed by atoms with Gasteiger partial charge in [0.05, 0.1) is 7.11 Å². The quantitative estimate of drug-likeness (QED) is 0.817. The van der Waals surface area contributed by atoms with Crippen LogP contribution >= 0.6 is 0 Å². The maximum atomic E-state index is 13.1. The third kappa shape index (κ3) is 4.36. The lowest BCUT2D eigenvalue weighted by Crippen LogP contribution is -2.50. The van der Waals surface area contributed by atoms with E-state index < -0.39 is 0 Å². The van der Waals surface area contributed by atoms with Crippen LogP contribution in [-0.2, 0) is 0 Å². The van der Waals surface area contributed by atoms with E-state index in [9.17, 15) is 9.59 Å². The first-order chi connectivity index (χ1) is 13.4. The topological polar surface area (TPSA) is 68.9 Å². The molecular formula is C21H30N4O3. The minimum absolute atomic E-state index is 0.192. The number of carbonyl (C=O) groups is 1. The number of rotatable bonds is 6. The van der Waals surface area contributed by atoms with Crippen molar-refractivity contribution < 1.29 is 9.53 Å². The maximum Gasteiger partial charge on any atom is 0.259 e. The lowest BCUT2D eigenvalue weighted by molar-refractivity contribution is 0.0602. The highest BCUT2D eigenvalue weighted by atomic mass is 16.5. The molecule has 0 radical (unpaired) electrons. The summed E-state index contributed by atoms with van der Waals surface area (Å²) in [7, 11) is 7.79. The number of likely N-dealkylation sites (tertiary alicyclic amines) is 1. The standard InChI is InChI=1S/C21H30N4O3/c1-23(2)10-11-24(3)15-6-5-9-25(14-15)21(27)18-13-22-19-8-7-16(28-4)12-17(19)20(18)26/h7-8,12-13,15H,5-6,9-11,14H2,1-4H3,(H,22,26). The van der Waals surface area contributed by atoms with Gasteiger partial charge in [-0.15, -0.1) is 0 Å². The Morgan fingerprint density at radius 1 is 1.29 bits per heavy atom. The van der Waals surface area contributed by atoms with Crippen molar-refractivity contribution in [2.75, 3.05) is 54.4 Å². The fourth-order valence-electron chi connectivity index (χ4n) is 3.69. The molecule has 28 heavy (non-hydrogen) atoms. The first-order valence-corrected chi connectivity index (χ1v) is 9.74. The maximum absolute atomic E-state index is 13.1. The van der Waals surface area contributed by atoms with Gasteiger partial charge in [0, 0.05) is 49.3 Å². The predicted molar refractivity (Wildman–Crippen MR) is 111 cm³/mol. The first kappa shape index (κ1) is 20.4. The van der Waals surface area contributed by atoms with E-state index in [1.807, 2.05) is 4.90 Å². The number of carbonyl (C=O) groups excluding carboxylic acids is 1. The average Bonchev–Trinajstić information content (AvgIpc) is 2.71. The van der Waals surface area contributed by atoms with Crippen LogP contribution in [0.4, 0.5) is 0 Å². The molecule has 1 aliphatic heterocycles. The molecule has 7 heteroatoms. The number of piperidine rings is 1. The summed E-state index contributed by atoms with van der Waals surface area (Å²) >= 11 is 0. The van der Waals surface area contributed by atoms with Crippen molar-refractivity contribution in [2.24, 2.45) is 0 Å². The molecule has 1 aliphatic rings. The van der Waals surface area contributed by atoms with E-state index in [1.54, 1.807) is 31.5 Å². The molecule has 0 spiro atoms. The summed E-state index contributed by atoms with van der Waals surface area (Å²) < 4.78 is 5.22. The number of aromatic amines is 1. The number of nitrogens with one attached hydrogen (secondary N) is 1. The highest BCUT2D eigenvalue weighted by molar-refractivity contribution is 5.97. The van der Waals surface area contributed by atoms with Crippen LogP contribution in [0.5, 0.6) is 5.75 Å². The largest absolute Gasteiger partial charge is 0.497 e. The number of nitrogens with zero attached hydrogens (tertiary/aromatic N) is 3. The number of methoxy groups -OCH3 is 1. The van der Waals surface area contributed by atoms with Crippen molar-refractivity contribution in [2.45, 2.75) is 18.9 Å². The number of hydrogen-bond acceptors (Lipinski definition) is 5. The van der Waals surface area contributed by atoms with Crippen LogP contribution in [0.15, 0.2) is 29.2 Å². The fourth-order valence-corrected chi connectivity index (χ4v) is 3.69. The van der Waals surface area contributed by atoms with Crippen molar-refractivity contribution >= 4 is 16.8 Å². The first-order valence-electron chi connectivity index (χ1n) is 9.74. The molecule has 2 heterocycles. The van der Waals surface area contributed by atoms with Crippen molar-refractivity contribution in [3.63, 3.8) is 0 Å². The van der Waals surface area contributed by atoms with Gasteiger partial charge in [0.25, 0.3) is 5.91 Å². The Bertz CT molecular complexity index is 893. The van der Waals surface area contributed by atoms with E-state index in [1.165, 1.54) is 0 Å². The van der Waals surface area contributed by atoms with Crippen molar-refractivity contribution in [3.8, 4) is 5.75 Å².